The van der Waals surface area contributed by atoms with Gasteiger partial charge in [-0.15, -0.1) is 0 Å². The number of aryl methyl sites for hydroxylation is 1. The molecule has 1 heterocycles. The molecule has 4 nitrogen and oxygen atoms in total. The van der Waals surface area contributed by atoms with Crippen LogP contribution < -0.4 is 14.6 Å². The summed E-state index contributed by atoms with van der Waals surface area (Å²) >= 11 is 1.89. The molecule has 190 valence electrons. The van der Waals surface area contributed by atoms with Crippen LogP contribution in [0.5, 0.6) is 11.5 Å². The van der Waals surface area contributed by atoms with Crippen molar-refractivity contribution < 1.29 is 32.5 Å². The van der Waals surface area contributed by atoms with Gasteiger partial charge in [0.2, 0.25) is 21.1 Å². The number of benzene rings is 3. The molecule has 1 aliphatic carbocycles. The van der Waals surface area contributed by atoms with Gasteiger partial charge in [0.15, 0.2) is 0 Å². The number of halogens is 3. The zero-order chi connectivity index (χ0) is 26.6. The molecule has 0 N–H and O–H groups in total. The molecule has 0 fully saturated rings. The monoisotopic (exact) mass is 524 g/mol. The lowest BCUT2D eigenvalue weighted by molar-refractivity contribution is -0.344. The van der Waals surface area contributed by atoms with E-state index in [1.807, 2.05) is 35.6 Å². The highest BCUT2D eigenvalue weighted by Gasteiger charge is 2.30. The highest BCUT2D eigenvalue weighted by Crippen LogP contribution is 2.45. The molecule has 0 radical (unpaired) electrons. The summed E-state index contributed by atoms with van der Waals surface area (Å²) in [7, 11) is 3.41. The summed E-state index contributed by atoms with van der Waals surface area (Å²) in [5.74, 6) is -1.25. The average molecular weight is 525 g/mol. The minimum atomic E-state index is -5.19. The Bertz CT molecular complexity index is 1400. The Morgan fingerprint density at radius 3 is 1.89 bits per heavy atom. The van der Waals surface area contributed by atoms with Gasteiger partial charge in [0.1, 0.15) is 17.5 Å². The van der Waals surface area contributed by atoms with Crippen molar-refractivity contribution in [2.75, 3.05) is 14.2 Å². The van der Waals surface area contributed by atoms with Crippen LogP contribution in [0.4, 0.5) is 13.2 Å². The van der Waals surface area contributed by atoms with E-state index in [9.17, 15) is 13.2 Å². The van der Waals surface area contributed by atoms with Gasteiger partial charge >= 0.3 is 6.18 Å². The van der Waals surface area contributed by atoms with Gasteiger partial charge in [-0.3, -0.25) is 0 Å². The van der Waals surface area contributed by atoms with Crippen LogP contribution in [-0.2, 0) is 17.6 Å². The molecule has 0 unspecified atom stereocenters. The molecule has 5 rings (SSSR count). The number of aliphatic carboxylic acids is 1. The minimum absolute atomic E-state index is 0.877. The number of hydrogen-bond donors (Lipinski definition) is 0. The van der Waals surface area contributed by atoms with Crippen LogP contribution >= 0.6 is 11.3 Å². The molecule has 1 aromatic heterocycles. The van der Waals surface area contributed by atoms with Crippen molar-refractivity contribution in [2.45, 2.75) is 19.0 Å². The summed E-state index contributed by atoms with van der Waals surface area (Å²) in [4.78, 5) is 11.4. The van der Waals surface area contributed by atoms with Crippen LogP contribution in [0.2, 0.25) is 0 Å². The lowest BCUT2D eigenvalue weighted by Crippen LogP contribution is -2.37. The number of carbonyl (C=O) groups excluding carboxylic acids is 1. The second-order valence-electron chi connectivity index (χ2n) is 8.23. The normalized spacial score (nSPS) is 11.9. The predicted octanol–water partition coefficient (Wildman–Crippen LogP) is 6.44. The number of hydrogen-bond acceptors (Lipinski definition) is 4. The maximum Gasteiger partial charge on any atom is 0.430 e. The fourth-order valence-corrected chi connectivity index (χ4v) is 5.45. The van der Waals surface area contributed by atoms with Crippen molar-refractivity contribution in [3.8, 4) is 43.5 Å². The second-order valence-corrected chi connectivity index (χ2v) is 9.28. The molecule has 0 aliphatic heterocycles. The maximum atomic E-state index is 10.5. The van der Waals surface area contributed by atoms with Gasteiger partial charge in [-0.05, 0) is 72.0 Å². The smallest absolute Gasteiger partial charge is 0.430 e. The number of ether oxygens (including phenoxy) is 2. The molecule has 1 aliphatic rings. The van der Waals surface area contributed by atoms with E-state index in [1.54, 1.807) is 14.2 Å². The number of methoxy groups -OCH3 is 2. The van der Waals surface area contributed by atoms with Gasteiger partial charge in [-0.1, -0.05) is 30.3 Å². The molecule has 0 spiro atoms. The third kappa shape index (κ3) is 5.91. The van der Waals surface area contributed by atoms with E-state index >= 15 is 0 Å². The van der Waals surface area contributed by atoms with Crippen LogP contribution in [0.15, 0.2) is 78.9 Å². The van der Waals surface area contributed by atoms with E-state index < -0.39 is 12.1 Å². The molecule has 0 bridgehead atoms. The molecule has 0 atom stereocenters. The van der Waals surface area contributed by atoms with Crippen molar-refractivity contribution in [3.63, 3.8) is 0 Å². The van der Waals surface area contributed by atoms with Crippen molar-refractivity contribution in [1.29, 1.82) is 0 Å². The molecule has 3 aromatic carbocycles. The van der Waals surface area contributed by atoms with E-state index in [0.717, 1.165) is 24.3 Å². The van der Waals surface area contributed by atoms with E-state index in [-0.39, 0.29) is 0 Å². The van der Waals surface area contributed by atoms with Crippen molar-refractivity contribution in [3.05, 3.63) is 90.0 Å². The van der Waals surface area contributed by atoms with E-state index in [1.165, 1.54) is 43.1 Å². The molecule has 0 saturated heterocycles. The van der Waals surface area contributed by atoms with Gasteiger partial charge in [0.25, 0.3) is 0 Å². The topological polar surface area (TPSA) is 58.6 Å². The Labute approximate surface area is 216 Å². The summed E-state index contributed by atoms with van der Waals surface area (Å²) < 4.78 is 42.3. The molecule has 37 heavy (non-hydrogen) atoms. The zero-order valence-corrected chi connectivity index (χ0v) is 20.9. The summed E-state index contributed by atoms with van der Waals surface area (Å²) in [6.45, 7) is 0. The first-order chi connectivity index (χ1) is 17.7. The average Bonchev–Trinajstić information content (AvgIpc) is 2.92. The number of fused-ring (bicyclic) bond motifs is 3. The van der Waals surface area contributed by atoms with Gasteiger partial charge in [-0.25, -0.2) is 0 Å². The molecule has 8 heteroatoms. The van der Waals surface area contributed by atoms with Crippen LogP contribution in [0.25, 0.3) is 32.0 Å². The summed E-state index contributed by atoms with van der Waals surface area (Å²) in [6, 6.07) is 27.9. The van der Waals surface area contributed by atoms with Crippen molar-refractivity contribution in [2.24, 2.45) is 0 Å². The van der Waals surface area contributed by atoms with E-state index in [4.69, 9.17) is 19.4 Å². The predicted molar refractivity (Wildman–Crippen MR) is 137 cm³/mol. The Morgan fingerprint density at radius 2 is 1.35 bits per heavy atom. The lowest BCUT2D eigenvalue weighted by atomic mass is 9.87. The van der Waals surface area contributed by atoms with Crippen LogP contribution in [0.3, 0.4) is 0 Å². The summed E-state index contributed by atoms with van der Waals surface area (Å²) in [5.41, 5.74) is 8.01. The Hall–Kier alpha value is -3.91. The lowest BCUT2D eigenvalue weighted by Gasteiger charge is -2.17. The SMILES string of the molecule is COc1ccc(-c2cc(-c3ccc(OC)cc3)c3c([s+]2)-c2ccccc2CC3)cc1.O=C([O-])C(F)(F)F. The molecule has 4 aromatic rings. The first-order valence-electron chi connectivity index (χ1n) is 11.4. The fourth-order valence-electron chi connectivity index (χ4n) is 4.15. The first-order valence-corrected chi connectivity index (χ1v) is 12.2. The van der Waals surface area contributed by atoms with Crippen molar-refractivity contribution in [1.82, 2.24) is 0 Å². The van der Waals surface area contributed by atoms with Crippen LogP contribution in [0, 0.1) is 0 Å². The Kier molecular flexibility index (Phi) is 7.78. The number of carboxylic acid groups (broad SMARTS) is 1. The standard InChI is InChI=1S/C27H23O2S.C2HF3O2/c1-28-21-12-7-19(8-13-21)25-17-26(20-9-14-22(29-2)15-10-20)30-27-23-6-4-3-5-18(23)11-16-24(25)27;3-2(4,5)1(6)7/h3-10,12-15,17H,11,16H2,1-2H3;(H,6,7)/q+1;/p-1. The Balaban J connectivity index is 0.000000405. The first kappa shape index (κ1) is 26.2. The highest BCUT2D eigenvalue weighted by atomic mass is 32.1. The van der Waals surface area contributed by atoms with Crippen LogP contribution in [-0.4, -0.2) is 26.4 Å². The Morgan fingerprint density at radius 1 is 0.811 bits per heavy atom. The molecular weight excluding hydrogens is 501 g/mol. The van der Waals surface area contributed by atoms with E-state index in [0.29, 0.717) is 0 Å². The quantitative estimate of drug-likeness (QED) is 0.288. The summed E-state index contributed by atoms with van der Waals surface area (Å²) in [6.07, 6.45) is -3.05. The summed E-state index contributed by atoms with van der Waals surface area (Å²) in [5, 5.41) is 8.78. The molecule has 0 saturated carbocycles. The fraction of sp³-hybridized carbons (Fsp3) is 0.172. The second kappa shape index (κ2) is 11.0. The van der Waals surface area contributed by atoms with Crippen LogP contribution in [0.1, 0.15) is 11.1 Å². The number of rotatable bonds is 4. The third-order valence-electron chi connectivity index (χ3n) is 6.00. The largest absolute Gasteiger partial charge is 0.542 e. The zero-order valence-electron chi connectivity index (χ0n) is 20.1. The van der Waals surface area contributed by atoms with Crippen molar-refractivity contribution >= 4 is 17.3 Å². The maximum absolute atomic E-state index is 10.5. The number of alkyl halides is 3. The highest BCUT2D eigenvalue weighted by molar-refractivity contribution is 7.18. The number of carbonyl (C=O) groups is 1. The minimum Gasteiger partial charge on any atom is -0.542 e. The number of carboxylic acids is 1. The third-order valence-corrected chi connectivity index (χ3v) is 7.24. The van der Waals surface area contributed by atoms with Gasteiger partial charge < -0.3 is 19.4 Å². The van der Waals surface area contributed by atoms with Gasteiger partial charge in [-0.2, -0.15) is 13.2 Å². The van der Waals surface area contributed by atoms with Gasteiger partial charge in [0, 0.05) is 22.8 Å². The van der Waals surface area contributed by atoms with E-state index in [2.05, 4.69) is 54.6 Å². The molecular formula is C29H23F3O4S. The molecule has 0 amide bonds. The van der Waals surface area contributed by atoms with Gasteiger partial charge in [0.05, 0.1) is 14.2 Å².